The molecule has 0 aliphatic heterocycles. The van der Waals surface area contributed by atoms with Gasteiger partial charge >= 0.3 is 0 Å². The van der Waals surface area contributed by atoms with Gasteiger partial charge in [-0.1, -0.05) is 0 Å². The van der Waals surface area contributed by atoms with Crippen LogP contribution in [0.3, 0.4) is 0 Å². The number of anilines is 1. The lowest BCUT2D eigenvalue weighted by Gasteiger charge is -2.08. The average molecular weight is 400 g/mol. The molecule has 140 valence electrons. The molecular weight excluding hydrogens is 383 g/mol. The fourth-order valence-electron chi connectivity index (χ4n) is 2.05. The Morgan fingerprint density at radius 2 is 1.46 bits per heavy atom. The number of hydrogen-bond donors (Lipinski definition) is 2. The number of rotatable bonds is 7. The van der Waals surface area contributed by atoms with Crippen LogP contribution in [0.1, 0.15) is 6.42 Å². The van der Waals surface area contributed by atoms with Gasteiger partial charge in [-0.2, -0.15) is 0 Å². The summed E-state index contributed by atoms with van der Waals surface area (Å²) in [5.41, 5.74) is 0.337. The van der Waals surface area contributed by atoms with Crippen molar-refractivity contribution in [2.45, 2.75) is 16.2 Å². The number of sulfonamides is 1. The van der Waals surface area contributed by atoms with E-state index in [-0.39, 0.29) is 16.2 Å². The van der Waals surface area contributed by atoms with Gasteiger partial charge in [0, 0.05) is 12.1 Å². The Labute approximate surface area is 151 Å². The molecule has 0 unspecified atom stereocenters. The highest BCUT2D eigenvalue weighted by atomic mass is 32.2. The molecule has 0 spiro atoms. The Morgan fingerprint density at radius 1 is 0.923 bits per heavy atom. The van der Waals surface area contributed by atoms with Crippen LogP contribution in [0.2, 0.25) is 0 Å². The lowest BCUT2D eigenvalue weighted by Crippen LogP contribution is -2.19. The maximum Gasteiger partial charge on any atom is 0.240 e. The van der Waals surface area contributed by atoms with E-state index >= 15 is 0 Å². The number of sulfone groups is 1. The zero-order valence-corrected chi connectivity index (χ0v) is 15.4. The zero-order chi connectivity index (χ0) is 19.4. The third kappa shape index (κ3) is 5.10. The van der Waals surface area contributed by atoms with Crippen molar-refractivity contribution in [3.63, 3.8) is 0 Å². The van der Waals surface area contributed by atoms with E-state index in [9.17, 15) is 26.0 Å². The molecule has 2 rings (SSSR count). The van der Waals surface area contributed by atoms with Crippen LogP contribution in [-0.2, 0) is 24.7 Å². The first-order chi connectivity index (χ1) is 12.1. The number of nitrogens with one attached hydrogen (secondary N) is 2. The topological polar surface area (TPSA) is 109 Å². The van der Waals surface area contributed by atoms with E-state index < -0.39 is 37.3 Å². The third-order valence-corrected chi connectivity index (χ3v) is 6.65. The fraction of sp³-hybridized carbons (Fsp3) is 0.188. The zero-order valence-electron chi connectivity index (χ0n) is 13.8. The van der Waals surface area contributed by atoms with E-state index in [1.165, 1.54) is 31.3 Å². The normalized spacial score (nSPS) is 11.9. The molecule has 0 bridgehead atoms. The van der Waals surface area contributed by atoms with Gasteiger partial charge < -0.3 is 5.32 Å². The Kier molecular flexibility index (Phi) is 6.11. The van der Waals surface area contributed by atoms with Crippen molar-refractivity contribution in [2.24, 2.45) is 0 Å². The molecule has 0 aliphatic carbocycles. The number of halogens is 1. The largest absolute Gasteiger partial charge is 0.326 e. The average Bonchev–Trinajstić information content (AvgIpc) is 2.61. The molecule has 10 heteroatoms. The van der Waals surface area contributed by atoms with Crippen LogP contribution < -0.4 is 10.0 Å². The van der Waals surface area contributed by atoms with Crippen molar-refractivity contribution < 1.29 is 26.0 Å². The molecule has 0 aliphatic rings. The molecule has 0 saturated heterocycles. The molecule has 0 atom stereocenters. The van der Waals surface area contributed by atoms with Crippen LogP contribution in [-0.4, -0.2) is 35.5 Å². The summed E-state index contributed by atoms with van der Waals surface area (Å²) in [6.07, 6.45) is -0.295. The monoisotopic (exact) mass is 400 g/mol. The minimum Gasteiger partial charge on any atom is -0.326 e. The Hall–Kier alpha value is -2.30. The summed E-state index contributed by atoms with van der Waals surface area (Å²) in [5, 5.41) is 2.49. The minimum absolute atomic E-state index is 0.0388. The van der Waals surface area contributed by atoms with Crippen molar-refractivity contribution >= 4 is 31.5 Å². The molecule has 0 heterocycles. The van der Waals surface area contributed by atoms with E-state index in [4.69, 9.17) is 0 Å². The summed E-state index contributed by atoms with van der Waals surface area (Å²) >= 11 is 0. The maximum atomic E-state index is 12.9. The second-order valence-corrected chi connectivity index (χ2v) is 9.30. The van der Waals surface area contributed by atoms with Gasteiger partial charge in [0.2, 0.25) is 15.9 Å². The standard InChI is InChI=1S/C16H17FN2O5S2/c1-18-26(23,24)15-8-4-13(5-9-15)19-16(20)10-11-25(21,22)14-6-2-12(17)3-7-14/h2-9,18H,10-11H2,1H3,(H,19,20). The van der Waals surface area contributed by atoms with Gasteiger partial charge in [-0.15, -0.1) is 0 Å². The quantitative estimate of drug-likeness (QED) is 0.685. The summed E-state index contributed by atoms with van der Waals surface area (Å²) in [5.74, 6) is -1.53. The van der Waals surface area contributed by atoms with Gasteiger partial charge in [0.1, 0.15) is 5.82 Å². The highest BCUT2D eigenvalue weighted by Crippen LogP contribution is 2.15. The van der Waals surface area contributed by atoms with Gasteiger partial charge in [0.25, 0.3) is 0 Å². The number of carbonyl (C=O) groups excluding carboxylic acids is 1. The maximum absolute atomic E-state index is 12.9. The summed E-state index contributed by atoms with van der Waals surface area (Å²) in [6, 6.07) is 9.79. The first-order valence-electron chi connectivity index (χ1n) is 7.46. The van der Waals surface area contributed by atoms with Crippen molar-refractivity contribution in [1.82, 2.24) is 4.72 Å². The van der Waals surface area contributed by atoms with Crippen LogP contribution in [0.15, 0.2) is 58.3 Å². The van der Waals surface area contributed by atoms with Gasteiger partial charge in [-0.05, 0) is 55.6 Å². The lowest BCUT2D eigenvalue weighted by atomic mass is 10.3. The predicted molar refractivity (Wildman–Crippen MR) is 94.4 cm³/mol. The molecule has 2 aromatic rings. The molecule has 26 heavy (non-hydrogen) atoms. The number of benzene rings is 2. The predicted octanol–water partition coefficient (Wildman–Crippen LogP) is 1.54. The van der Waals surface area contributed by atoms with E-state index in [0.29, 0.717) is 5.69 Å². The molecule has 0 fully saturated rings. The molecule has 7 nitrogen and oxygen atoms in total. The van der Waals surface area contributed by atoms with Crippen LogP contribution in [0.4, 0.5) is 10.1 Å². The molecule has 0 radical (unpaired) electrons. The van der Waals surface area contributed by atoms with Gasteiger partial charge in [-0.25, -0.2) is 25.9 Å². The first-order valence-corrected chi connectivity index (χ1v) is 10.6. The van der Waals surface area contributed by atoms with Gasteiger partial charge in [0.15, 0.2) is 9.84 Å². The van der Waals surface area contributed by atoms with E-state index in [2.05, 4.69) is 10.0 Å². The summed E-state index contributed by atoms with van der Waals surface area (Å²) in [6.45, 7) is 0. The Morgan fingerprint density at radius 3 is 2.00 bits per heavy atom. The van der Waals surface area contributed by atoms with Crippen molar-refractivity contribution in [2.75, 3.05) is 18.1 Å². The second kappa shape index (κ2) is 7.94. The summed E-state index contributed by atoms with van der Waals surface area (Å²) in [7, 11) is -6.00. The Bertz CT molecular complexity index is 986. The van der Waals surface area contributed by atoms with Crippen LogP contribution in [0.5, 0.6) is 0 Å². The summed E-state index contributed by atoms with van der Waals surface area (Å²) < 4.78 is 62.5. The first kappa shape index (κ1) is 20.0. The third-order valence-electron chi connectivity index (χ3n) is 3.49. The molecule has 2 aromatic carbocycles. The highest BCUT2D eigenvalue weighted by molar-refractivity contribution is 7.91. The number of carbonyl (C=O) groups is 1. The van der Waals surface area contributed by atoms with Crippen LogP contribution >= 0.6 is 0 Å². The summed E-state index contributed by atoms with van der Waals surface area (Å²) in [4.78, 5) is 11.9. The molecule has 0 aromatic heterocycles. The van der Waals surface area contributed by atoms with Crippen LogP contribution in [0, 0.1) is 5.82 Å². The fourth-order valence-corrected chi connectivity index (χ4v) is 4.02. The SMILES string of the molecule is CNS(=O)(=O)c1ccc(NC(=O)CCS(=O)(=O)c2ccc(F)cc2)cc1. The second-order valence-electron chi connectivity index (χ2n) is 5.30. The van der Waals surface area contributed by atoms with E-state index in [1.807, 2.05) is 0 Å². The van der Waals surface area contributed by atoms with E-state index in [1.54, 1.807) is 0 Å². The number of hydrogen-bond acceptors (Lipinski definition) is 5. The molecular formula is C16H17FN2O5S2. The van der Waals surface area contributed by atoms with E-state index in [0.717, 1.165) is 24.3 Å². The minimum atomic E-state index is -3.71. The van der Waals surface area contributed by atoms with Crippen LogP contribution in [0.25, 0.3) is 0 Å². The smallest absolute Gasteiger partial charge is 0.240 e. The molecule has 1 amide bonds. The lowest BCUT2D eigenvalue weighted by molar-refractivity contribution is -0.115. The molecule has 2 N–H and O–H groups in total. The number of amides is 1. The Balaban J connectivity index is 1.97. The molecule has 0 saturated carbocycles. The van der Waals surface area contributed by atoms with Gasteiger partial charge in [-0.3, -0.25) is 4.79 Å². The van der Waals surface area contributed by atoms with Crippen molar-refractivity contribution in [1.29, 1.82) is 0 Å². The van der Waals surface area contributed by atoms with Gasteiger partial charge in [0.05, 0.1) is 15.5 Å². The highest BCUT2D eigenvalue weighted by Gasteiger charge is 2.17. The van der Waals surface area contributed by atoms with Crippen molar-refractivity contribution in [3.8, 4) is 0 Å². The van der Waals surface area contributed by atoms with Crippen molar-refractivity contribution in [3.05, 3.63) is 54.3 Å².